The zero-order chi connectivity index (χ0) is 19.3. The molecule has 2 heterocycles. The predicted octanol–water partition coefficient (Wildman–Crippen LogP) is 5.63. The Hall–Kier alpha value is -1.95. The van der Waals surface area contributed by atoms with E-state index in [1.807, 2.05) is 31.2 Å². The van der Waals surface area contributed by atoms with Gasteiger partial charge in [0.15, 0.2) is 0 Å². The number of benzene rings is 1. The normalized spacial score (nSPS) is 18.8. The number of anilines is 1. The number of hydrogen-bond acceptors (Lipinski definition) is 2. The Morgan fingerprint density at radius 3 is 2.42 bits per heavy atom. The highest BCUT2D eigenvalue weighted by molar-refractivity contribution is 6.30. The van der Waals surface area contributed by atoms with Gasteiger partial charge in [0.1, 0.15) is 5.15 Å². The maximum absolute atomic E-state index is 13.8. The third kappa shape index (κ3) is 2.90. The van der Waals surface area contributed by atoms with Gasteiger partial charge >= 0.3 is 6.18 Å². The van der Waals surface area contributed by atoms with Crippen LogP contribution in [0.15, 0.2) is 36.5 Å². The van der Waals surface area contributed by atoms with Crippen LogP contribution in [0.2, 0.25) is 5.15 Å². The van der Waals surface area contributed by atoms with Crippen molar-refractivity contribution in [3.05, 3.63) is 52.8 Å². The monoisotopic (exact) mass is 383 g/mol. The Labute approximate surface area is 156 Å². The molecule has 26 heavy (non-hydrogen) atoms. The Bertz CT molecular complexity index is 839. The number of fused-ring (bicyclic) bond motifs is 1. The minimum atomic E-state index is -4.36. The van der Waals surface area contributed by atoms with Crippen LogP contribution in [0.25, 0.3) is 6.08 Å². The topological polar surface area (TPSA) is 21.1 Å². The molecule has 0 spiro atoms. The van der Waals surface area contributed by atoms with Gasteiger partial charge in [0.05, 0.1) is 23.7 Å². The zero-order valence-electron chi connectivity index (χ0n) is 15.0. The first kappa shape index (κ1) is 18.8. The van der Waals surface area contributed by atoms with Crippen molar-refractivity contribution in [3.8, 4) is 0 Å². The molecule has 1 aromatic heterocycles. The van der Waals surface area contributed by atoms with E-state index in [4.69, 9.17) is 11.6 Å². The first-order valence-corrected chi connectivity index (χ1v) is 8.73. The van der Waals surface area contributed by atoms with Gasteiger partial charge in [-0.3, -0.25) is 4.68 Å². The second kappa shape index (κ2) is 6.34. The molecule has 1 aliphatic rings. The van der Waals surface area contributed by atoms with Crippen LogP contribution in [0, 0.1) is 5.41 Å². The molecule has 0 saturated carbocycles. The minimum absolute atomic E-state index is 0.381. The molecule has 2 aromatic rings. The first-order chi connectivity index (χ1) is 12.1. The molecule has 0 saturated heterocycles. The van der Waals surface area contributed by atoms with Crippen LogP contribution in [0.3, 0.4) is 0 Å². The van der Waals surface area contributed by atoms with Gasteiger partial charge in [-0.15, -0.1) is 0 Å². The third-order valence-electron chi connectivity index (χ3n) is 5.20. The number of para-hydroxylation sites is 1. The lowest BCUT2D eigenvalue weighted by Crippen LogP contribution is -2.53. The molecule has 0 radical (unpaired) electrons. The van der Waals surface area contributed by atoms with E-state index in [9.17, 15) is 13.2 Å². The molecule has 1 unspecified atom stereocenters. The molecular formula is C19H21ClF3N3. The van der Waals surface area contributed by atoms with Gasteiger partial charge in [-0.25, -0.2) is 0 Å². The van der Waals surface area contributed by atoms with Gasteiger partial charge < -0.3 is 4.90 Å². The van der Waals surface area contributed by atoms with Gasteiger partial charge in [-0.1, -0.05) is 42.0 Å². The Balaban J connectivity index is 2.15. The lowest BCUT2D eigenvalue weighted by molar-refractivity contribution is -0.215. The van der Waals surface area contributed by atoms with Gasteiger partial charge in [0.25, 0.3) is 0 Å². The van der Waals surface area contributed by atoms with Gasteiger partial charge in [0.2, 0.25) is 0 Å². The fourth-order valence-corrected chi connectivity index (χ4v) is 3.63. The largest absolute Gasteiger partial charge is 0.396 e. The molecule has 140 valence electrons. The van der Waals surface area contributed by atoms with Crippen molar-refractivity contribution in [2.75, 3.05) is 4.90 Å². The number of rotatable bonds is 3. The number of nitrogens with zero attached hydrogens (tertiary/aromatic N) is 3. The molecule has 0 fully saturated rings. The maximum atomic E-state index is 13.8. The van der Waals surface area contributed by atoms with Crippen LogP contribution in [-0.2, 0) is 7.05 Å². The molecule has 0 amide bonds. The molecule has 1 aromatic carbocycles. The summed E-state index contributed by atoms with van der Waals surface area (Å²) in [6.07, 6.45) is 0.661. The Morgan fingerprint density at radius 1 is 1.19 bits per heavy atom. The standard InChI is InChI=1S/C19H21ClF3N3/c1-12(14-11-24-25(4)17(14)20)26-15-8-6-5-7-13(15)9-10-16(26)18(2,3)19(21,22)23/h5-12,16H,1-4H3/t12?,16-/m1/s1. The number of aryl methyl sites for hydroxylation is 1. The van der Waals surface area contributed by atoms with E-state index >= 15 is 0 Å². The molecule has 0 N–H and O–H groups in total. The molecule has 1 aliphatic heterocycles. The molecular weight excluding hydrogens is 363 g/mol. The Morgan fingerprint density at radius 2 is 1.85 bits per heavy atom. The fraction of sp³-hybridized carbons (Fsp3) is 0.421. The second-order valence-corrected chi connectivity index (χ2v) is 7.54. The van der Waals surface area contributed by atoms with Crippen molar-refractivity contribution in [1.82, 2.24) is 9.78 Å². The summed E-state index contributed by atoms with van der Waals surface area (Å²) in [6, 6.07) is 6.20. The third-order valence-corrected chi connectivity index (χ3v) is 5.67. The van der Waals surface area contributed by atoms with E-state index in [0.29, 0.717) is 10.7 Å². The second-order valence-electron chi connectivity index (χ2n) is 7.18. The van der Waals surface area contributed by atoms with Crippen LogP contribution < -0.4 is 4.90 Å². The van der Waals surface area contributed by atoms with Crippen LogP contribution in [0.1, 0.15) is 37.9 Å². The maximum Gasteiger partial charge on any atom is 0.396 e. The molecule has 3 nitrogen and oxygen atoms in total. The van der Waals surface area contributed by atoms with Crippen molar-refractivity contribution < 1.29 is 13.2 Å². The van der Waals surface area contributed by atoms with E-state index in [1.165, 1.54) is 18.5 Å². The summed E-state index contributed by atoms with van der Waals surface area (Å²) in [5.74, 6) is 0. The Kier molecular flexibility index (Phi) is 4.59. The van der Waals surface area contributed by atoms with Crippen LogP contribution >= 0.6 is 11.6 Å². The highest BCUT2D eigenvalue weighted by atomic mass is 35.5. The lowest BCUT2D eigenvalue weighted by Gasteiger charge is -2.47. The highest BCUT2D eigenvalue weighted by Crippen LogP contribution is 2.48. The van der Waals surface area contributed by atoms with Gasteiger partial charge in [-0.05, 0) is 32.4 Å². The summed E-state index contributed by atoms with van der Waals surface area (Å²) in [4.78, 5) is 1.80. The highest BCUT2D eigenvalue weighted by Gasteiger charge is 2.54. The average Bonchev–Trinajstić information content (AvgIpc) is 2.91. The lowest BCUT2D eigenvalue weighted by atomic mass is 9.79. The van der Waals surface area contributed by atoms with Crippen LogP contribution in [-0.4, -0.2) is 22.0 Å². The van der Waals surface area contributed by atoms with Crippen LogP contribution in [0.4, 0.5) is 18.9 Å². The van der Waals surface area contributed by atoms with Crippen molar-refractivity contribution in [2.24, 2.45) is 12.5 Å². The van der Waals surface area contributed by atoms with E-state index in [-0.39, 0.29) is 6.04 Å². The average molecular weight is 384 g/mol. The number of aromatic nitrogens is 2. The van der Waals surface area contributed by atoms with Crippen molar-refractivity contribution in [1.29, 1.82) is 0 Å². The van der Waals surface area contributed by atoms with Gasteiger partial charge in [-0.2, -0.15) is 18.3 Å². The van der Waals surface area contributed by atoms with E-state index in [1.54, 1.807) is 30.3 Å². The van der Waals surface area contributed by atoms with Gasteiger partial charge in [0, 0.05) is 18.3 Å². The summed E-state index contributed by atoms with van der Waals surface area (Å²) >= 11 is 6.34. The molecule has 3 rings (SSSR count). The quantitative estimate of drug-likeness (QED) is 0.685. The fourth-order valence-electron chi connectivity index (χ4n) is 3.38. The number of alkyl halides is 3. The summed E-state index contributed by atoms with van der Waals surface area (Å²) in [5, 5.41) is 4.57. The molecule has 7 heteroatoms. The minimum Gasteiger partial charge on any atom is -0.357 e. The summed E-state index contributed by atoms with van der Waals surface area (Å²) in [7, 11) is 1.71. The first-order valence-electron chi connectivity index (χ1n) is 8.35. The SMILES string of the molecule is CC(c1cnn(C)c1Cl)N1c2ccccc2C=C[C@@H]1C(C)(C)C(F)(F)F. The summed E-state index contributed by atoms with van der Waals surface area (Å²) in [5.41, 5.74) is 0.389. The summed E-state index contributed by atoms with van der Waals surface area (Å²) in [6.45, 7) is 4.33. The van der Waals surface area contributed by atoms with Crippen molar-refractivity contribution in [3.63, 3.8) is 0 Å². The predicted molar refractivity (Wildman–Crippen MR) is 98.2 cm³/mol. The smallest absolute Gasteiger partial charge is 0.357 e. The molecule has 0 aliphatic carbocycles. The van der Waals surface area contributed by atoms with Crippen molar-refractivity contribution >= 4 is 23.4 Å². The van der Waals surface area contributed by atoms with Crippen LogP contribution in [0.5, 0.6) is 0 Å². The number of halogens is 4. The van der Waals surface area contributed by atoms with E-state index in [2.05, 4.69) is 5.10 Å². The molecule has 2 atom stereocenters. The van der Waals surface area contributed by atoms with Crippen molar-refractivity contribution in [2.45, 2.75) is 39.0 Å². The zero-order valence-corrected chi connectivity index (χ0v) is 15.8. The van der Waals surface area contributed by atoms with E-state index < -0.39 is 17.6 Å². The summed E-state index contributed by atoms with van der Waals surface area (Å²) < 4.78 is 43.0. The number of hydrogen-bond donors (Lipinski definition) is 0. The molecule has 0 bridgehead atoms. The van der Waals surface area contributed by atoms with E-state index in [0.717, 1.165) is 11.3 Å².